The van der Waals surface area contributed by atoms with Crippen LogP contribution >= 0.6 is 0 Å². The van der Waals surface area contributed by atoms with Crippen LogP contribution in [-0.4, -0.2) is 51.4 Å². The molecule has 6 nitrogen and oxygen atoms in total. The van der Waals surface area contributed by atoms with Gasteiger partial charge in [-0.05, 0) is 61.8 Å². The Morgan fingerprint density at radius 3 is 2.42 bits per heavy atom. The summed E-state index contributed by atoms with van der Waals surface area (Å²) in [4.78, 5) is 0. The highest BCUT2D eigenvalue weighted by molar-refractivity contribution is 5.42. The Kier molecular flexibility index (Phi) is 9.15. The van der Waals surface area contributed by atoms with Crippen LogP contribution in [0.3, 0.4) is 0 Å². The Morgan fingerprint density at radius 2 is 1.76 bits per heavy atom. The van der Waals surface area contributed by atoms with E-state index in [4.69, 9.17) is 14.2 Å². The van der Waals surface area contributed by atoms with Crippen LogP contribution < -0.4 is 20.1 Å². The number of ether oxygens (including phenoxy) is 3. The minimum Gasteiger partial charge on any atom is -0.493 e. The van der Waals surface area contributed by atoms with Gasteiger partial charge in [-0.15, -0.1) is 0 Å². The topological polar surface area (TPSA) is 72.0 Å². The molecule has 0 spiro atoms. The third-order valence-electron chi connectivity index (χ3n) is 6.77. The third-order valence-corrected chi connectivity index (χ3v) is 6.77. The zero-order valence-corrected chi connectivity index (χ0v) is 20.5. The summed E-state index contributed by atoms with van der Waals surface area (Å²) in [6.07, 6.45) is 2.84. The van der Waals surface area contributed by atoms with E-state index >= 15 is 0 Å². The molecule has 0 radical (unpaired) electrons. The maximum absolute atomic E-state index is 10.4. The summed E-state index contributed by atoms with van der Waals surface area (Å²) in [6, 6.07) is 16.6. The van der Waals surface area contributed by atoms with E-state index in [9.17, 15) is 5.11 Å². The Hall–Kier alpha value is -2.12. The van der Waals surface area contributed by atoms with Gasteiger partial charge in [-0.3, -0.25) is 0 Å². The van der Waals surface area contributed by atoms with Gasteiger partial charge >= 0.3 is 0 Å². The highest BCUT2D eigenvalue weighted by atomic mass is 16.5. The fraction of sp³-hybridized carbons (Fsp3) is 0.556. The Morgan fingerprint density at radius 1 is 1.00 bits per heavy atom. The Labute approximate surface area is 198 Å². The smallest absolute Gasteiger partial charge is 0.161 e. The SMILES string of the molecule is COc1ccc(CNCNC[C@H](CO)[C@]2(Cc3ccccc3)CCOC(C)(C)C2)cc1OC. The minimum absolute atomic E-state index is 0.00575. The molecule has 6 heteroatoms. The summed E-state index contributed by atoms with van der Waals surface area (Å²) in [5.41, 5.74) is 2.25. The van der Waals surface area contributed by atoms with Gasteiger partial charge in [-0.1, -0.05) is 36.4 Å². The molecule has 1 fully saturated rings. The predicted octanol–water partition coefficient (Wildman–Crippen LogP) is 3.77. The molecule has 0 saturated carbocycles. The number of nitrogens with one attached hydrogen (secondary N) is 2. The number of benzene rings is 2. The molecule has 0 unspecified atom stereocenters. The molecule has 3 N–H and O–H groups in total. The molecule has 33 heavy (non-hydrogen) atoms. The second-order valence-corrected chi connectivity index (χ2v) is 9.69. The second-order valence-electron chi connectivity index (χ2n) is 9.69. The van der Waals surface area contributed by atoms with Crippen molar-refractivity contribution < 1.29 is 19.3 Å². The molecule has 1 aliphatic rings. The van der Waals surface area contributed by atoms with Crippen molar-refractivity contribution in [1.29, 1.82) is 0 Å². The van der Waals surface area contributed by atoms with Crippen molar-refractivity contribution in [2.75, 3.05) is 40.6 Å². The van der Waals surface area contributed by atoms with Crippen molar-refractivity contribution in [2.45, 2.75) is 45.3 Å². The average molecular weight is 457 g/mol. The highest BCUT2D eigenvalue weighted by Crippen LogP contribution is 2.46. The first-order valence-electron chi connectivity index (χ1n) is 11.8. The zero-order valence-electron chi connectivity index (χ0n) is 20.5. The Bertz CT molecular complexity index is 858. The monoisotopic (exact) mass is 456 g/mol. The normalized spacial score (nSPS) is 20.9. The second kappa shape index (κ2) is 11.8. The average Bonchev–Trinajstić information content (AvgIpc) is 2.81. The number of aliphatic hydroxyl groups is 1. The molecule has 0 bridgehead atoms. The summed E-state index contributed by atoms with van der Waals surface area (Å²) in [7, 11) is 3.29. The number of methoxy groups -OCH3 is 2. The molecule has 2 aromatic carbocycles. The molecule has 2 atom stereocenters. The molecule has 1 aliphatic heterocycles. The van der Waals surface area contributed by atoms with Gasteiger partial charge in [-0.2, -0.15) is 0 Å². The summed E-state index contributed by atoms with van der Waals surface area (Å²) in [5.74, 6) is 1.60. The molecule has 0 aliphatic carbocycles. The van der Waals surface area contributed by atoms with Gasteiger partial charge in [0.1, 0.15) is 0 Å². The van der Waals surface area contributed by atoms with Crippen molar-refractivity contribution in [3.05, 3.63) is 59.7 Å². The van der Waals surface area contributed by atoms with E-state index in [0.717, 1.165) is 49.5 Å². The molecule has 0 aromatic heterocycles. The molecule has 1 saturated heterocycles. The fourth-order valence-electron chi connectivity index (χ4n) is 5.17. The standard InChI is InChI=1S/C27H40N2O4/c1-26(2)19-27(12-13-33-26,15-21-8-6-5-7-9-21)23(18-30)17-29-20-28-16-22-10-11-24(31-3)25(14-22)32-4/h5-11,14,23,28-30H,12-13,15-20H2,1-4H3/t23-,27+/m1/s1. The fourth-order valence-corrected chi connectivity index (χ4v) is 5.17. The lowest BCUT2D eigenvalue weighted by Gasteiger charge is -2.49. The number of hydrogen-bond donors (Lipinski definition) is 3. The molecule has 3 rings (SSSR count). The van der Waals surface area contributed by atoms with Crippen molar-refractivity contribution in [3.8, 4) is 11.5 Å². The molecule has 1 heterocycles. The van der Waals surface area contributed by atoms with Crippen LogP contribution in [0.1, 0.15) is 37.8 Å². The van der Waals surface area contributed by atoms with Crippen molar-refractivity contribution in [3.63, 3.8) is 0 Å². The van der Waals surface area contributed by atoms with E-state index in [0.29, 0.717) is 13.2 Å². The maximum atomic E-state index is 10.4. The minimum atomic E-state index is -0.188. The van der Waals surface area contributed by atoms with Gasteiger partial charge < -0.3 is 30.0 Å². The van der Waals surface area contributed by atoms with Crippen LogP contribution in [-0.2, 0) is 17.7 Å². The van der Waals surface area contributed by atoms with Gasteiger partial charge in [-0.25, -0.2) is 0 Å². The van der Waals surface area contributed by atoms with Gasteiger partial charge in [0.25, 0.3) is 0 Å². The zero-order chi connectivity index (χ0) is 23.7. The maximum Gasteiger partial charge on any atom is 0.161 e. The van der Waals surface area contributed by atoms with E-state index in [1.807, 2.05) is 18.2 Å². The number of rotatable bonds is 12. The number of aliphatic hydroxyl groups excluding tert-OH is 1. The van der Waals surface area contributed by atoms with Gasteiger partial charge in [0, 0.05) is 38.9 Å². The molecular formula is C27H40N2O4. The van der Waals surface area contributed by atoms with Crippen molar-refractivity contribution >= 4 is 0 Å². The third kappa shape index (κ3) is 6.93. The quantitative estimate of drug-likeness (QED) is 0.334. The summed E-state index contributed by atoms with van der Waals surface area (Å²) in [5, 5.41) is 17.4. The first-order chi connectivity index (χ1) is 15.9. The molecule has 0 amide bonds. The van der Waals surface area contributed by atoms with E-state index in [1.165, 1.54) is 5.56 Å². The predicted molar refractivity (Wildman–Crippen MR) is 132 cm³/mol. The van der Waals surface area contributed by atoms with Crippen LogP contribution in [0.2, 0.25) is 0 Å². The largest absolute Gasteiger partial charge is 0.493 e. The highest BCUT2D eigenvalue weighted by Gasteiger charge is 2.45. The van der Waals surface area contributed by atoms with E-state index < -0.39 is 0 Å². The molecule has 182 valence electrons. The lowest BCUT2D eigenvalue weighted by atomic mass is 9.63. The van der Waals surface area contributed by atoms with Gasteiger partial charge in [0.15, 0.2) is 11.5 Å². The number of hydrogen-bond acceptors (Lipinski definition) is 6. The van der Waals surface area contributed by atoms with Gasteiger partial charge in [0.2, 0.25) is 0 Å². The molecular weight excluding hydrogens is 416 g/mol. The van der Waals surface area contributed by atoms with Crippen LogP contribution in [0.25, 0.3) is 0 Å². The summed E-state index contributed by atoms with van der Waals surface area (Å²) in [6.45, 7) is 7.34. The summed E-state index contributed by atoms with van der Waals surface area (Å²) >= 11 is 0. The first-order valence-corrected chi connectivity index (χ1v) is 11.8. The molecule has 2 aromatic rings. The lowest BCUT2D eigenvalue weighted by Crippen LogP contribution is -2.50. The van der Waals surface area contributed by atoms with E-state index in [1.54, 1.807) is 14.2 Å². The van der Waals surface area contributed by atoms with Crippen LogP contribution in [0.5, 0.6) is 11.5 Å². The van der Waals surface area contributed by atoms with Gasteiger partial charge in [0.05, 0.1) is 19.8 Å². The Balaban J connectivity index is 1.59. The van der Waals surface area contributed by atoms with Crippen LogP contribution in [0, 0.1) is 11.3 Å². The van der Waals surface area contributed by atoms with Crippen molar-refractivity contribution in [1.82, 2.24) is 10.6 Å². The van der Waals surface area contributed by atoms with Crippen molar-refractivity contribution in [2.24, 2.45) is 11.3 Å². The van der Waals surface area contributed by atoms with Crippen LogP contribution in [0.15, 0.2) is 48.5 Å². The van der Waals surface area contributed by atoms with Crippen LogP contribution in [0.4, 0.5) is 0 Å². The van der Waals surface area contributed by atoms with E-state index in [-0.39, 0.29) is 23.5 Å². The summed E-state index contributed by atoms with van der Waals surface area (Å²) < 4.78 is 16.7. The lowest BCUT2D eigenvalue weighted by molar-refractivity contribution is -0.127. The van der Waals surface area contributed by atoms with E-state index in [2.05, 4.69) is 54.8 Å². The first kappa shape index (κ1) is 25.5.